The van der Waals surface area contributed by atoms with Crippen molar-refractivity contribution in [2.24, 2.45) is 0 Å². The van der Waals surface area contributed by atoms with Crippen molar-refractivity contribution in [1.82, 2.24) is 0 Å². The molecule has 0 unspecified atom stereocenters. The summed E-state index contributed by atoms with van der Waals surface area (Å²) in [7, 11) is 0. The Balaban J connectivity index is 1.20. The van der Waals surface area contributed by atoms with Crippen LogP contribution in [-0.2, 0) is 0 Å². The summed E-state index contributed by atoms with van der Waals surface area (Å²) in [6.07, 6.45) is 0. The molecule has 0 amide bonds. The third-order valence-electron chi connectivity index (χ3n) is 9.61. The monoisotopic (exact) mass is 687 g/mol. The molecule has 9 aromatic carbocycles. The maximum Gasteiger partial charge on any atom is 0.0645 e. The summed E-state index contributed by atoms with van der Waals surface area (Å²) in [6, 6.07) is 45.7. The topological polar surface area (TPSA) is 3.24 Å². The molecule has 0 aliphatic rings. The molecule has 244 valence electrons. The molecule has 0 fully saturated rings. The first-order valence-corrected chi connectivity index (χ1v) is 17.9. The molecule has 10 rings (SSSR count). The van der Waals surface area contributed by atoms with Crippen molar-refractivity contribution in [2.75, 3.05) is 4.90 Å². The van der Waals surface area contributed by atoms with E-state index in [4.69, 9.17) is 0 Å². The van der Waals surface area contributed by atoms with Crippen molar-refractivity contribution in [3.8, 4) is 33.4 Å². The lowest BCUT2D eigenvalue weighted by Gasteiger charge is -2.26. The number of thiophene rings is 1. The minimum atomic E-state index is -0.381. The average Bonchev–Trinajstić information content (AvgIpc) is 3.67. The molecule has 0 N–H and O–H groups in total. The largest absolute Gasteiger partial charge is 0.311 e. The second-order valence-corrected chi connectivity index (χ2v) is 13.8. The van der Waals surface area contributed by atoms with E-state index in [1.54, 1.807) is 18.2 Å². The molecule has 0 saturated carbocycles. The Bertz CT molecular complexity index is 3310. The molecule has 0 aliphatic carbocycles. The van der Waals surface area contributed by atoms with Crippen LogP contribution in [0.1, 0.15) is 11.0 Å². The Morgan fingerprint density at radius 2 is 0.942 bits per heavy atom. The Morgan fingerprint density at radius 3 is 1.73 bits per heavy atom. The van der Waals surface area contributed by atoms with Gasteiger partial charge in [0.25, 0.3) is 0 Å². The van der Waals surface area contributed by atoms with E-state index in [1.807, 2.05) is 127 Å². The summed E-state index contributed by atoms with van der Waals surface area (Å²) in [4.78, 5) is 1.36. The Kier molecular flexibility index (Phi) is 5.63. The van der Waals surface area contributed by atoms with Crippen LogP contribution in [0.25, 0.3) is 75.1 Å². The van der Waals surface area contributed by atoms with Gasteiger partial charge >= 0.3 is 0 Å². The Labute approximate surface area is 318 Å². The van der Waals surface area contributed by atoms with Gasteiger partial charge in [-0.05, 0) is 103 Å². The van der Waals surface area contributed by atoms with Crippen molar-refractivity contribution >= 4 is 70.1 Å². The van der Waals surface area contributed by atoms with Crippen LogP contribution in [0.5, 0.6) is 0 Å². The first kappa shape index (κ1) is 23.1. The van der Waals surface area contributed by atoms with E-state index in [1.165, 1.54) is 16.2 Å². The zero-order chi connectivity index (χ0) is 41.4. The molecular formula is C50H33NS. The predicted molar refractivity (Wildman–Crippen MR) is 225 cm³/mol. The number of hydrogen-bond donors (Lipinski definition) is 0. The molecule has 1 nitrogen and oxygen atoms in total. The van der Waals surface area contributed by atoms with Crippen LogP contribution in [0.3, 0.4) is 0 Å². The average molecular weight is 688 g/mol. The summed E-state index contributed by atoms with van der Waals surface area (Å²) < 4.78 is 77.7. The summed E-state index contributed by atoms with van der Waals surface area (Å²) >= 11 is 1.53. The van der Waals surface area contributed by atoms with Gasteiger partial charge in [0.2, 0.25) is 0 Å². The standard InChI is InChI=1S/C50H33NS/c1-2-11-39-33-40(20-19-34(39)9-1)35-21-27-41(28-22-35)51(42-29-23-37(24-30-42)45-15-7-12-36-10-3-4-13-44(36)45)43-31-25-38(26-32-43)46-16-8-17-48-47-14-5-6-18-49(47)52-50(46)48/h1-33H/i21D,22D,25D,26D,27D,28D,31D,32D. The number of benzene rings is 9. The fourth-order valence-corrected chi connectivity index (χ4v) is 8.26. The van der Waals surface area contributed by atoms with Crippen LogP contribution >= 0.6 is 11.3 Å². The first-order chi connectivity index (χ1) is 29.1. The normalized spacial score (nSPS) is 13.6. The molecule has 0 atom stereocenters. The van der Waals surface area contributed by atoms with E-state index in [0.29, 0.717) is 16.8 Å². The fraction of sp³-hybridized carbons (Fsp3) is 0. The summed E-state index contributed by atoms with van der Waals surface area (Å²) in [6.45, 7) is 0. The molecule has 1 heterocycles. The minimum Gasteiger partial charge on any atom is -0.311 e. The van der Waals surface area contributed by atoms with Crippen molar-refractivity contribution in [1.29, 1.82) is 0 Å². The molecule has 0 aliphatic heterocycles. The van der Waals surface area contributed by atoms with Gasteiger partial charge in [-0.25, -0.2) is 0 Å². The zero-order valence-electron chi connectivity index (χ0n) is 35.8. The number of hydrogen-bond acceptors (Lipinski definition) is 2. The third-order valence-corrected chi connectivity index (χ3v) is 10.8. The zero-order valence-corrected chi connectivity index (χ0v) is 28.6. The highest BCUT2D eigenvalue weighted by atomic mass is 32.1. The first-order valence-electron chi connectivity index (χ1n) is 21.1. The molecule has 0 saturated heterocycles. The van der Waals surface area contributed by atoms with Crippen molar-refractivity contribution < 1.29 is 11.0 Å². The maximum atomic E-state index is 9.59. The van der Waals surface area contributed by atoms with Gasteiger partial charge < -0.3 is 4.90 Å². The summed E-state index contributed by atoms with van der Waals surface area (Å²) in [5, 5.41) is 5.99. The molecule has 2 heteroatoms. The Hall–Kier alpha value is -6.48. The van der Waals surface area contributed by atoms with Crippen LogP contribution in [0.15, 0.2) is 200 Å². The molecule has 0 bridgehead atoms. The van der Waals surface area contributed by atoms with Gasteiger partial charge in [0.05, 0.1) is 11.0 Å². The lowest BCUT2D eigenvalue weighted by atomic mass is 9.98. The number of fused-ring (bicyclic) bond motifs is 5. The second-order valence-electron chi connectivity index (χ2n) is 12.7. The summed E-state index contributed by atoms with van der Waals surface area (Å²) in [5.41, 5.74) is 3.20. The van der Waals surface area contributed by atoms with Gasteiger partial charge in [0.1, 0.15) is 0 Å². The van der Waals surface area contributed by atoms with Gasteiger partial charge in [-0.2, -0.15) is 0 Å². The van der Waals surface area contributed by atoms with Crippen LogP contribution < -0.4 is 4.90 Å². The van der Waals surface area contributed by atoms with E-state index in [9.17, 15) is 11.0 Å². The van der Waals surface area contributed by atoms with Crippen molar-refractivity contribution in [3.05, 3.63) is 200 Å². The SMILES string of the molecule is [2H]c1c([2H])c(N(c2ccc(-c3cccc4ccccc34)cc2)c2c([2H])c([2H])c(-c3cccc4c3sc3ccccc34)c([2H])c2[2H])c([2H])c([2H])c1-c1ccc2ccccc2c1. The van der Waals surface area contributed by atoms with Gasteiger partial charge in [-0.1, -0.05) is 152 Å². The van der Waals surface area contributed by atoms with Crippen molar-refractivity contribution in [2.45, 2.75) is 0 Å². The van der Waals surface area contributed by atoms with Gasteiger partial charge in [0, 0.05) is 37.2 Å². The van der Waals surface area contributed by atoms with E-state index < -0.39 is 0 Å². The van der Waals surface area contributed by atoms with Crippen LogP contribution in [0.4, 0.5) is 17.1 Å². The minimum absolute atomic E-state index is 0.122. The number of nitrogens with zero attached hydrogens (tertiary/aromatic N) is 1. The van der Waals surface area contributed by atoms with E-state index >= 15 is 0 Å². The van der Waals surface area contributed by atoms with E-state index in [2.05, 4.69) is 6.07 Å². The molecule has 52 heavy (non-hydrogen) atoms. The van der Waals surface area contributed by atoms with Gasteiger partial charge in [-0.3, -0.25) is 0 Å². The highest BCUT2D eigenvalue weighted by Crippen LogP contribution is 2.42. The lowest BCUT2D eigenvalue weighted by molar-refractivity contribution is 1.28. The van der Waals surface area contributed by atoms with E-state index in [0.717, 1.165) is 52.8 Å². The number of rotatable bonds is 6. The lowest BCUT2D eigenvalue weighted by Crippen LogP contribution is -2.09. The predicted octanol–water partition coefficient (Wildman–Crippen LogP) is 14.8. The molecule has 1 aromatic heterocycles. The third kappa shape index (κ3) is 5.33. The smallest absolute Gasteiger partial charge is 0.0645 e. The second kappa shape index (κ2) is 12.7. The quantitative estimate of drug-likeness (QED) is 0.168. The highest BCUT2D eigenvalue weighted by molar-refractivity contribution is 7.26. The van der Waals surface area contributed by atoms with E-state index in [-0.39, 0.29) is 70.8 Å². The van der Waals surface area contributed by atoms with Gasteiger partial charge in [-0.15, -0.1) is 11.3 Å². The molecule has 0 spiro atoms. The molecule has 10 aromatic rings. The van der Waals surface area contributed by atoms with Gasteiger partial charge in [0.15, 0.2) is 0 Å². The van der Waals surface area contributed by atoms with Crippen LogP contribution in [0, 0.1) is 0 Å². The van der Waals surface area contributed by atoms with Crippen LogP contribution in [0.2, 0.25) is 0 Å². The van der Waals surface area contributed by atoms with Crippen LogP contribution in [-0.4, -0.2) is 0 Å². The number of anilines is 3. The van der Waals surface area contributed by atoms with Crippen molar-refractivity contribution in [3.63, 3.8) is 0 Å². The fourth-order valence-electron chi connectivity index (χ4n) is 7.04. The maximum absolute atomic E-state index is 9.59. The molecular weight excluding hydrogens is 647 g/mol. The summed E-state index contributed by atoms with van der Waals surface area (Å²) in [5.74, 6) is 0. The molecule has 0 radical (unpaired) electrons. The highest BCUT2D eigenvalue weighted by Gasteiger charge is 2.16. The Morgan fingerprint density at radius 1 is 0.365 bits per heavy atom.